The Morgan fingerprint density at radius 3 is 2.62 bits per heavy atom. The van der Waals surface area contributed by atoms with E-state index in [4.69, 9.17) is 11.6 Å². The molecule has 3 aromatic rings. The summed E-state index contributed by atoms with van der Waals surface area (Å²) < 4.78 is 1.90. The van der Waals surface area contributed by atoms with Crippen LogP contribution in [-0.4, -0.2) is 38.4 Å². The molecular formula is C22H19ClN4O2. The second-order valence-corrected chi connectivity index (χ2v) is 8.13. The molecule has 2 aliphatic rings. The molecule has 29 heavy (non-hydrogen) atoms. The van der Waals surface area contributed by atoms with Crippen molar-refractivity contribution in [3.63, 3.8) is 0 Å². The van der Waals surface area contributed by atoms with Gasteiger partial charge in [0.05, 0.1) is 6.20 Å². The maximum atomic E-state index is 13.2. The highest BCUT2D eigenvalue weighted by molar-refractivity contribution is 6.30. The normalized spacial score (nSPS) is 20.2. The zero-order valence-electron chi connectivity index (χ0n) is 15.7. The standard InChI is InChI=1S/C22H19ClN4O2/c23-17-3-1-15(2-4-17)18-5-6-20-16-9-14(12-27(20)21(18)28)11-26(13-16)22(29)19-10-24-7-8-25-19/h1-8,10,14,16H,9,11-13H2/t14-,16+/m0/s1. The van der Waals surface area contributed by atoms with Gasteiger partial charge >= 0.3 is 0 Å². The predicted molar refractivity (Wildman–Crippen MR) is 110 cm³/mol. The molecule has 0 N–H and O–H groups in total. The van der Waals surface area contributed by atoms with Gasteiger partial charge in [-0.3, -0.25) is 14.6 Å². The van der Waals surface area contributed by atoms with Crippen molar-refractivity contribution in [2.45, 2.75) is 18.9 Å². The van der Waals surface area contributed by atoms with Gasteiger partial charge < -0.3 is 9.47 Å². The number of carbonyl (C=O) groups is 1. The fourth-order valence-corrected chi connectivity index (χ4v) is 4.66. The van der Waals surface area contributed by atoms with Crippen molar-refractivity contribution >= 4 is 17.5 Å². The SMILES string of the molecule is O=C(c1cnccn1)N1C[C@@H]2C[C@H](C1)c1ccc(-c3ccc(Cl)cc3)c(=O)n1C2. The quantitative estimate of drug-likeness (QED) is 0.655. The van der Waals surface area contributed by atoms with Crippen LogP contribution >= 0.6 is 11.6 Å². The number of likely N-dealkylation sites (tertiary alicyclic amines) is 1. The first-order valence-electron chi connectivity index (χ1n) is 9.65. The molecule has 0 saturated carbocycles. The minimum Gasteiger partial charge on any atom is -0.336 e. The van der Waals surface area contributed by atoms with E-state index < -0.39 is 0 Å². The van der Waals surface area contributed by atoms with Crippen molar-refractivity contribution in [2.75, 3.05) is 13.1 Å². The Hall–Kier alpha value is -2.99. The largest absolute Gasteiger partial charge is 0.336 e. The van der Waals surface area contributed by atoms with Crippen LogP contribution in [0.25, 0.3) is 11.1 Å². The Balaban J connectivity index is 1.46. The number of carbonyl (C=O) groups excluding carboxylic acids is 1. The summed E-state index contributed by atoms with van der Waals surface area (Å²) in [5, 5.41) is 0.647. The number of benzene rings is 1. The summed E-state index contributed by atoms with van der Waals surface area (Å²) in [5.41, 5.74) is 2.93. The predicted octanol–water partition coefficient (Wildman–Crippen LogP) is 3.22. The van der Waals surface area contributed by atoms with Crippen LogP contribution in [0.1, 0.15) is 28.5 Å². The molecule has 146 valence electrons. The Morgan fingerprint density at radius 1 is 1.03 bits per heavy atom. The molecule has 5 rings (SSSR count). The van der Waals surface area contributed by atoms with E-state index >= 15 is 0 Å². The van der Waals surface area contributed by atoms with Gasteiger partial charge in [-0.05, 0) is 42.2 Å². The van der Waals surface area contributed by atoms with Crippen molar-refractivity contribution < 1.29 is 4.79 Å². The van der Waals surface area contributed by atoms with Crippen LogP contribution in [0.3, 0.4) is 0 Å². The number of rotatable bonds is 2. The first kappa shape index (κ1) is 18.1. The lowest BCUT2D eigenvalue weighted by molar-refractivity contribution is 0.0588. The van der Waals surface area contributed by atoms with E-state index in [1.807, 2.05) is 33.7 Å². The average Bonchev–Trinajstić information content (AvgIpc) is 2.75. The molecule has 1 aromatic carbocycles. The van der Waals surface area contributed by atoms with Gasteiger partial charge in [0.1, 0.15) is 5.69 Å². The summed E-state index contributed by atoms with van der Waals surface area (Å²) in [4.78, 5) is 36.0. The maximum Gasteiger partial charge on any atom is 0.274 e. The van der Waals surface area contributed by atoms with Crippen LogP contribution < -0.4 is 5.56 Å². The Labute approximate surface area is 172 Å². The number of nitrogens with zero attached hydrogens (tertiary/aromatic N) is 4. The topological polar surface area (TPSA) is 68.1 Å². The Morgan fingerprint density at radius 2 is 1.86 bits per heavy atom. The summed E-state index contributed by atoms with van der Waals surface area (Å²) >= 11 is 5.98. The average molecular weight is 407 g/mol. The van der Waals surface area contributed by atoms with Crippen LogP contribution in [0.5, 0.6) is 0 Å². The molecule has 2 aliphatic heterocycles. The number of hydrogen-bond acceptors (Lipinski definition) is 4. The van der Waals surface area contributed by atoms with Crippen LogP contribution in [0.15, 0.2) is 59.8 Å². The second kappa shape index (κ2) is 7.12. The van der Waals surface area contributed by atoms with Gasteiger partial charge in [0.15, 0.2) is 0 Å². The fourth-order valence-electron chi connectivity index (χ4n) is 4.53. The van der Waals surface area contributed by atoms with E-state index in [0.717, 1.165) is 17.7 Å². The minimum atomic E-state index is -0.0959. The van der Waals surface area contributed by atoms with Crippen molar-refractivity contribution in [2.24, 2.45) is 5.92 Å². The van der Waals surface area contributed by atoms with Crippen molar-refractivity contribution in [1.29, 1.82) is 0 Å². The smallest absolute Gasteiger partial charge is 0.274 e. The third-order valence-corrected chi connectivity index (χ3v) is 6.08. The molecule has 1 saturated heterocycles. The molecule has 0 spiro atoms. The first-order valence-corrected chi connectivity index (χ1v) is 10.0. The molecule has 2 bridgehead atoms. The van der Waals surface area contributed by atoms with Crippen molar-refractivity contribution in [3.05, 3.63) is 81.8 Å². The monoisotopic (exact) mass is 406 g/mol. The molecule has 6 nitrogen and oxygen atoms in total. The van der Waals surface area contributed by atoms with E-state index in [0.29, 0.717) is 35.9 Å². The van der Waals surface area contributed by atoms with E-state index in [9.17, 15) is 9.59 Å². The minimum absolute atomic E-state index is 0.0215. The number of pyridine rings is 1. The van der Waals surface area contributed by atoms with Gasteiger partial charge in [-0.1, -0.05) is 23.7 Å². The Kier molecular flexibility index (Phi) is 4.43. The third kappa shape index (κ3) is 3.23. The summed E-state index contributed by atoms with van der Waals surface area (Å²) in [5.74, 6) is 0.302. The number of halogens is 1. The molecule has 0 aliphatic carbocycles. The van der Waals surface area contributed by atoms with Crippen LogP contribution in [0.4, 0.5) is 0 Å². The van der Waals surface area contributed by atoms with Crippen LogP contribution in [0.2, 0.25) is 5.02 Å². The van der Waals surface area contributed by atoms with Crippen LogP contribution in [-0.2, 0) is 6.54 Å². The van der Waals surface area contributed by atoms with Gasteiger partial charge in [-0.15, -0.1) is 0 Å². The Bertz CT molecular complexity index is 1130. The third-order valence-electron chi connectivity index (χ3n) is 5.83. The lowest BCUT2D eigenvalue weighted by Crippen LogP contribution is -2.49. The lowest BCUT2D eigenvalue weighted by Gasteiger charge is -2.42. The number of aromatic nitrogens is 3. The molecule has 2 aromatic heterocycles. The van der Waals surface area contributed by atoms with E-state index in [1.165, 1.54) is 12.4 Å². The molecule has 0 unspecified atom stereocenters. The zero-order chi connectivity index (χ0) is 20.0. The van der Waals surface area contributed by atoms with Crippen molar-refractivity contribution in [3.8, 4) is 11.1 Å². The molecular weight excluding hydrogens is 388 g/mol. The summed E-state index contributed by atoms with van der Waals surface area (Å²) in [6.45, 7) is 1.84. The molecule has 2 atom stereocenters. The van der Waals surface area contributed by atoms with Crippen molar-refractivity contribution in [1.82, 2.24) is 19.4 Å². The first-order chi connectivity index (χ1) is 14.1. The van der Waals surface area contributed by atoms with Gasteiger partial charge in [0.25, 0.3) is 11.5 Å². The van der Waals surface area contributed by atoms with Gasteiger partial charge in [-0.25, -0.2) is 4.98 Å². The number of amides is 1. The number of fused-ring (bicyclic) bond motifs is 4. The second-order valence-electron chi connectivity index (χ2n) is 7.69. The fraction of sp³-hybridized carbons (Fsp3) is 0.273. The van der Waals surface area contributed by atoms with E-state index in [-0.39, 0.29) is 23.3 Å². The molecule has 0 radical (unpaired) electrons. The molecule has 7 heteroatoms. The highest BCUT2D eigenvalue weighted by Crippen LogP contribution is 2.36. The van der Waals surface area contributed by atoms with Gasteiger partial charge in [0.2, 0.25) is 0 Å². The summed E-state index contributed by atoms with van der Waals surface area (Å²) in [6.07, 6.45) is 5.58. The molecule has 4 heterocycles. The zero-order valence-corrected chi connectivity index (χ0v) is 16.4. The van der Waals surface area contributed by atoms with Crippen LogP contribution in [0, 0.1) is 5.92 Å². The molecule has 1 fully saturated rings. The highest BCUT2D eigenvalue weighted by Gasteiger charge is 2.37. The number of hydrogen-bond donors (Lipinski definition) is 0. The summed E-state index contributed by atoms with van der Waals surface area (Å²) in [6, 6.07) is 11.3. The lowest BCUT2D eigenvalue weighted by atomic mass is 9.82. The number of piperidine rings is 1. The molecule has 1 amide bonds. The van der Waals surface area contributed by atoms with E-state index in [2.05, 4.69) is 9.97 Å². The highest BCUT2D eigenvalue weighted by atomic mass is 35.5. The maximum absolute atomic E-state index is 13.2. The van der Waals surface area contributed by atoms with Gasteiger partial charge in [0, 0.05) is 54.2 Å². The van der Waals surface area contributed by atoms with Gasteiger partial charge in [-0.2, -0.15) is 0 Å². The van der Waals surface area contributed by atoms with E-state index in [1.54, 1.807) is 18.3 Å². The summed E-state index contributed by atoms with van der Waals surface area (Å²) in [7, 11) is 0.